The average molecular weight is 485 g/mol. The second-order valence-corrected chi connectivity index (χ2v) is 11.7. The van der Waals surface area contributed by atoms with Crippen molar-refractivity contribution in [2.75, 3.05) is 26.2 Å². The highest BCUT2D eigenvalue weighted by molar-refractivity contribution is 5.81. The Morgan fingerprint density at radius 1 is 0.971 bits per heavy atom. The van der Waals surface area contributed by atoms with Crippen molar-refractivity contribution < 1.29 is 18.7 Å². The van der Waals surface area contributed by atoms with E-state index < -0.39 is 23.2 Å². The summed E-state index contributed by atoms with van der Waals surface area (Å²) in [5, 5.41) is 11.7. The molecule has 2 fully saturated rings. The van der Waals surface area contributed by atoms with Gasteiger partial charge in [0.25, 0.3) is 0 Å². The van der Waals surface area contributed by atoms with Crippen LogP contribution < -0.4 is 0 Å². The maximum Gasteiger partial charge on any atom is 0.227 e. The van der Waals surface area contributed by atoms with E-state index >= 15 is 0 Å². The molecule has 1 N–H and O–H groups in total. The Balaban J connectivity index is 1.61. The normalized spacial score (nSPS) is 30.0. The Labute approximate surface area is 207 Å². The fourth-order valence-corrected chi connectivity index (χ4v) is 6.02. The zero-order valence-electron chi connectivity index (χ0n) is 21.7. The van der Waals surface area contributed by atoms with Gasteiger partial charge in [0.1, 0.15) is 11.6 Å². The minimum atomic E-state index is -1.03. The number of hydrogen-bond donors (Lipinski definition) is 1. The topological polar surface area (TPSA) is 43.8 Å². The Hall–Kier alpha value is -2.31. The minimum absolute atomic E-state index is 0.0184. The standard InChI is InChI=1S/C29H38F2N2O2/c1-18-7-9-21(10-8-18)29(35)19(2)14-32(15-20(29)3)27(34)25-17-33(28(4,5)6)16-24(25)23-12-11-22(30)13-26(23)31/h7-13,19-20,24-25,35H,14-17H2,1-6H3/t19-,20?,24-,25?,29?/m0/s1. The maximum atomic E-state index is 14.8. The van der Waals surface area contributed by atoms with E-state index in [-0.39, 0.29) is 29.2 Å². The number of aryl methyl sites for hydroxylation is 1. The fourth-order valence-electron chi connectivity index (χ4n) is 6.02. The van der Waals surface area contributed by atoms with Crippen molar-refractivity contribution in [3.8, 4) is 0 Å². The van der Waals surface area contributed by atoms with Crippen molar-refractivity contribution in [2.24, 2.45) is 17.8 Å². The molecule has 0 spiro atoms. The third-order valence-corrected chi connectivity index (χ3v) is 8.26. The first-order chi connectivity index (χ1) is 16.3. The maximum absolute atomic E-state index is 14.8. The van der Waals surface area contributed by atoms with Crippen LogP contribution in [0.3, 0.4) is 0 Å². The van der Waals surface area contributed by atoms with E-state index in [0.717, 1.165) is 17.2 Å². The summed E-state index contributed by atoms with van der Waals surface area (Å²) in [6.45, 7) is 14.2. The number of carbonyl (C=O) groups is 1. The molecule has 2 saturated heterocycles. The van der Waals surface area contributed by atoms with Crippen molar-refractivity contribution in [3.05, 3.63) is 70.8 Å². The van der Waals surface area contributed by atoms with Crippen LogP contribution in [0.25, 0.3) is 0 Å². The van der Waals surface area contributed by atoms with Gasteiger partial charge in [-0.2, -0.15) is 0 Å². The molecule has 2 aromatic rings. The van der Waals surface area contributed by atoms with Crippen LogP contribution in [0, 0.1) is 36.3 Å². The number of hydrogen-bond acceptors (Lipinski definition) is 3. The Morgan fingerprint density at radius 3 is 2.11 bits per heavy atom. The summed E-state index contributed by atoms with van der Waals surface area (Å²) < 4.78 is 28.4. The molecule has 0 aromatic heterocycles. The van der Waals surface area contributed by atoms with E-state index in [2.05, 4.69) is 25.7 Å². The van der Waals surface area contributed by atoms with Gasteiger partial charge in [-0.25, -0.2) is 8.78 Å². The molecule has 2 aromatic carbocycles. The average Bonchev–Trinajstić information content (AvgIpc) is 3.23. The Kier molecular flexibility index (Phi) is 6.84. The number of halogens is 2. The fraction of sp³-hybridized carbons (Fsp3) is 0.552. The van der Waals surface area contributed by atoms with Crippen LogP contribution in [0.4, 0.5) is 8.78 Å². The van der Waals surface area contributed by atoms with Gasteiger partial charge in [-0.15, -0.1) is 0 Å². The highest BCUT2D eigenvalue weighted by atomic mass is 19.1. The van der Waals surface area contributed by atoms with Gasteiger partial charge in [-0.05, 0) is 44.9 Å². The molecular formula is C29H38F2N2O2. The molecule has 4 rings (SSSR count). The molecule has 6 heteroatoms. The molecular weight excluding hydrogens is 446 g/mol. The number of nitrogens with zero attached hydrogens (tertiary/aromatic N) is 2. The van der Waals surface area contributed by atoms with Crippen molar-refractivity contribution in [1.29, 1.82) is 0 Å². The van der Waals surface area contributed by atoms with Gasteiger partial charge < -0.3 is 10.0 Å². The first-order valence-electron chi connectivity index (χ1n) is 12.6. The lowest BCUT2D eigenvalue weighted by Gasteiger charge is -2.48. The third kappa shape index (κ3) is 4.75. The molecule has 2 aliphatic rings. The number of piperidine rings is 1. The van der Waals surface area contributed by atoms with E-state index in [1.54, 1.807) is 0 Å². The van der Waals surface area contributed by atoms with Crippen LogP contribution in [0.1, 0.15) is 57.2 Å². The van der Waals surface area contributed by atoms with Crippen molar-refractivity contribution in [3.63, 3.8) is 0 Å². The predicted molar refractivity (Wildman–Crippen MR) is 134 cm³/mol. The van der Waals surface area contributed by atoms with Crippen LogP contribution in [-0.2, 0) is 10.4 Å². The van der Waals surface area contributed by atoms with Crippen LogP contribution >= 0.6 is 0 Å². The molecule has 2 aliphatic heterocycles. The zero-order valence-corrected chi connectivity index (χ0v) is 21.7. The van der Waals surface area contributed by atoms with Gasteiger partial charge in [0, 0.05) is 55.5 Å². The molecule has 2 heterocycles. The van der Waals surface area contributed by atoms with Crippen molar-refractivity contribution in [2.45, 2.75) is 58.6 Å². The molecule has 0 saturated carbocycles. The molecule has 3 unspecified atom stereocenters. The minimum Gasteiger partial charge on any atom is -0.384 e. The van der Waals surface area contributed by atoms with Crippen LogP contribution in [0.5, 0.6) is 0 Å². The quantitative estimate of drug-likeness (QED) is 0.660. The first kappa shape index (κ1) is 25.8. The molecule has 35 heavy (non-hydrogen) atoms. The lowest BCUT2D eigenvalue weighted by molar-refractivity contribution is -0.152. The summed E-state index contributed by atoms with van der Waals surface area (Å²) in [7, 11) is 0. The van der Waals surface area contributed by atoms with Crippen LogP contribution in [0.2, 0.25) is 0 Å². The van der Waals surface area contributed by atoms with E-state index in [9.17, 15) is 18.7 Å². The van der Waals surface area contributed by atoms with Gasteiger partial charge in [0.2, 0.25) is 5.91 Å². The Bertz CT molecular complexity index is 1070. The highest BCUT2D eigenvalue weighted by Gasteiger charge is 2.50. The third-order valence-electron chi connectivity index (χ3n) is 8.26. The second kappa shape index (κ2) is 9.29. The van der Waals surface area contributed by atoms with Crippen molar-refractivity contribution in [1.82, 2.24) is 9.80 Å². The van der Waals surface area contributed by atoms with Gasteiger partial charge in [0.05, 0.1) is 11.5 Å². The van der Waals surface area contributed by atoms with Gasteiger partial charge in [-0.3, -0.25) is 9.69 Å². The molecule has 190 valence electrons. The summed E-state index contributed by atoms with van der Waals surface area (Å²) in [5.74, 6) is -2.36. The van der Waals surface area contributed by atoms with Crippen molar-refractivity contribution >= 4 is 5.91 Å². The molecule has 0 aliphatic carbocycles. The zero-order chi connectivity index (χ0) is 25.7. The molecule has 4 nitrogen and oxygen atoms in total. The monoisotopic (exact) mass is 484 g/mol. The predicted octanol–water partition coefficient (Wildman–Crippen LogP) is 5.09. The summed E-state index contributed by atoms with van der Waals surface area (Å²) in [6, 6.07) is 11.6. The van der Waals surface area contributed by atoms with Gasteiger partial charge >= 0.3 is 0 Å². The first-order valence-corrected chi connectivity index (χ1v) is 12.6. The lowest BCUT2D eigenvalue weighted by Crippen LogP contribution is -2.57. The van der Waals surface area contributed by atoms with E-state index in [4.69, 9.17) is 0 Å². The Morgan fingerprint density at radius 2 is 1.57 bits per heavy atom. The van der Waals surface area contributed by atoms with Crippen LogP contribution in [-0.4, -0.2) is 52.5 Å². The smallest absolute Gasteiger partial charge is 0.227 e. The lowest BCUT2D eigenvalue weighted by atomic mass is 9.70. The molecule has 0 radical (unpaired) electrons. The van der Waals surface area contributed by atoms with E-state index in [1.165, 1.54) is 12.1 Å². The molecule has 1 amide bonds. The summed E-state index contributed by atoms with van der Waals surface area (Å²) >= 11 is 0. The van der Waals surface area contributed by atoms with Gasteiger partial charge in [0.15, 0.2) is 0 Å². The number of aliphatic hydroxyl groups is 1. The van der Waals surface area contributed by atoms with Gasteiger partial charge in [-0.1, -0.05) is 49.7 Å². The highest BCUT2D eigenvalue weighted by Crippen LogP contribution is 2.44. The SMILES string of the molecule is Cc1ccc(C2(O)C(C)CN(C(=O)C3CN(C(C)(C)C)C[C@H]3c3ccc(F)cc3F)C[C@@H]2C)cc1. The second-order valence-electron chi connectivity index (χ2n) is 11.7. The summed E-state index contributed by atoms with van der Waals surface area (Å²) in [4.78, 5) is 18.0. The van der Waals surface area contributed by atoms with Crippen LogP contribution in [0.15, 0.2) is 42.5 Å². The molecule has 0 bridgehead atoms. The largest absolute Gasteiger partial charge is 0.384 e. The van der Waals surface area contributed by atoms with E-state index in [1.807, 2.05) is 49.9 Å². The number of benzene rings is 2. The number of likely N-dealkylation sites (tertiary alicyclic amines) is 2. The summed E-state index contributed by atoms with van der Waals surface area (Å²) in [5.41, 5.74) is 1.19. The number of amides is 1. The molecule has 5 atom stereocenters. The van der Waals surface area contributed by atoms with E-state index in [0.29, 0.717) is 31.7 Å². The number of rotatable bonds is 3. The number of carbonyl (C=O) groups excluding carboxylic acids is 1. The summed E-state index contributed by atoms with van der Waals surface area (Å²) in [6.07, 6.45) is 0.